The molecule has 0 fully saturated rings. The van der Waals surface area contributed by atoms with Crippen molar-refractivity contribution in [1.29, 1.82) is 0 Å². The van der Waals surface area contributed by atoms with E-state index in [2.05, 4.69) is 27.6 Å². The molecule has 178 valence electrons. The van der Waals surface area contributed by atoms with Gasteiger partial charge < -0.3 is 14.2 Å². The highest BCUT2D eigenvalue weighted by Gasteiger charge is 2.26. The van der Waals surface area contributed by atoms with E-state index in [0.717, 1.165) is 9.13 Å². The van der Waals surface area contributed by atoms with Crippen molar-refractivity contribution < 1.29 is 23.9 Å². The number of ether oxygens (including phenoxy) is 3. The molecule has 1 aliphatic heterocycles. The second-order valence-corrected chi connectivity index (χ2v) is 8.87. The summed E-state index contributed by atoms with van der Waals surface area (Å²) in [5, 5.41) is 11.1. The van der Waals surface area contributed by atoms with Crippen LogP contribution in [0.1, 0.15) is 23.6 Å². The highest BCUT2D eigenvalue weighted by molar-refractivity contribution is 14.1. The molecule has 0 unspecified atom stereocenters. The zero-order valence-electron chi connectivity index (χ0n) is 18.4. The van der Waals surface area contributed by atoms with Crippen molar-refractivity contribution in [1.82, 2.24) is 0 Å². The molecule has 4 rings (SSSR count). The Morgan fingerprint density at radius 2 is 1.91 bits per heavy atom. The maximum Gasteiger partial charge on any atom is 0.363 e. The molecule has 0 N–H and O–H groups in total. The van der Waals surface area contributed by atoms with Crippen LogP contribution in [0.2, 0.25) is 5.02 Å². The summed E-state index contributed by atoms with van der Waals surface area (Å²) in [7, 11) is 0. The van der Waals surface area contributed by atoms with Gasteiger partial charge in [0.1, 0.15) is 11.6 Å². The van der Waals surface area contributed by atoms with E-state index in [9.17, 15) is 14.9 Å². The van der Waals surface area contributed by atoms with Gasteiger partial charge in [0.25, 0.3) is 5.69 Å². The monoisotopic (exact) mass is 604 g/mol. The van der Waals surface area contributed by atoms with Crippen LogP contribution in [0.4, 0.5) is 5.69 Å². The number of hydrogen-bond acceptors (Lipinski definition) is 7. The van der Waals surface area contributed by atoms with Crippen LogP contribution in [0.25, 0.3) is 6.08 Å². The number of halogens is 2. The molecule has 0 bridgehead atoms. The first-order valence-corrected chi connectivity index (χ1v) is 11.9. The predicted octanol–water partition coefficient (Wildman–Crippen LogP) is 6.18. The fraction of sp³-hybridized carbons (Fsp3) is 0.120. The van der Waals surface area contributed by atoms with E-state index in [0.29, 0.717) is 30.3 Å². The summed E-state index contributed by atoms with van der Waals surface area (Å²) in [5.41, 5.74) is 1.70. The second kappa shape index (κ2) is 10.9. The van der Waals surface area contributed by atoms with Crippen LogP contribution >= 0.6 is 34.2 Å². The number of hydrogen-bond donors (Lipinski definition) is 0. The molecule has 0 aliphatic carbocycles. The summed E-state index contributed by atoms with van der Waals surface area (Å²) < 4.78 is 17.9. The number of cyclic esters (lactones) is 1. The smallest absolute Gasteiger partial charge is 0.363 e. The third kappa shape index (κ3) is 5.80. The lowest BCUT2D eigenvalue weighted by molar-refractivity contribution is -0.384. The van der Waals surface area contributed by atoms with Crippen molar-refractivity contribution in [2.45, 2.75) is 13.5 Å². The maximum absolute atomic E-state index is 12.4. The van der Waals surface area contributed by atoms with E-state index in [1.165, 1.54) is 18.2 Å². The van der Waals surface area contributed by atoms with Crippen LogP contribution in [0.3, 0.4) is 0 Å². The lowest BCUT2D eigenvalue weighted by atomic mass is 10.1. The van der Waals surface area contributed by atoms with Crippen molar-refractivity contribution in [3.63, 3.8) is 0 Å². The molecule has 1 aliphatic rings. The first-order valence-electron chi connectivity index (χ1n) is 10.5. The van der Waals surface area contributed by atoms with Crippen molar-refractivity contribution >= 4 is 57.8 Å². The number of aliphatic imine (C=N–C) groups is 1. The fourth-order valence-corrected chi connectivity index (χ4v) is 4.25. The van der Waals surface area contributed by atoms with Gasteiger partial charge in [-0.05, 0) is 71.0 Å². The van der Waals surface area contributed by atoms with E-state index in [-0.39, 0.29) is 27.9 Å². The van der Waals surface area contributed by atoms with Gasteiger partial charge in [0.2, 0.25) is 5.90 Å². The summed E-state index contributed by atoms with van der Waals surface area (Å²) in [5.74, 6) is 0.426. The summed E-state index contributed by atoms with van der Waals surface area (Å²) in [6.07, 6.45) is 1.56. The zero-order chi connectivity index (χ0) is 24.9. The van der Waals surface area contributed by atoms with E-state index in [1.54, 1.807) is 12.1 Å². The molecule has 0 saturated heterocycles. The molecule has 0 aromatic heterocycles. The Bertz CT molecular complexity index is 1360. The SMILES string of the molecule is CCOc1cc(/C=C2\N=C(c3ccc(Cl)c([N+](=O)[O-])c3)OC2=O)cc(I)c1OCc1ccccc1. The Labute approximate surface area is 219 Å². The number of benzene rings is 3. The molecule has 3 aromatic carbocycles. The molecule has 3 aromatic rings. The Morgan fingerprint density at radius 1 is 1.14 bits per heavy atom. The lowest BCUT2D eigenvalue weighted by Crippen LogP contribution is -2.06. The van der Waals surface area contributed by atoms with Crippen LogP contribution in [-0.2, 0) is 16.1 Å². The summed E-state index contributed by atoms with van der Waals surface area (Å²) in [6.45, 7) is 2.68. The highest BCUT2D eigenvalue weighted by Crippen LogP contribution is 2.36. The number of esters is 1. The van der Waals surface area contributed by atoms with Gasteiger partial charge in [-0.3, -0.25) is 10.1 Å². The van der Waals surface area contributed by atoms with Gasteiger partial charge in [-0.1, -0.05) is 41.9 Å². The number of nitrogens with zero attached hydrogens (tertiary/aromatic N) is 2. The Hall–Kier alpha value is -3.44. The Kier molecular flexibility index (Phi) is 7.67. The first kappa shape index (κ1) is 24.7. The zero-order valence-corrected chi connectivity index (χ0v) is 21.3. The molecular weight excluding hydrogens is 587 g/mol. The topological polar surface area (TPSA) is 100 Å². The molecule has 10 heteroatoms. The van der Waals surface area contributed by atoms with Crippen molar-refractivity contribution in [3.8, 4) is 11.5 Å². The third-order valence-electron chi connectivity index (χ3n) is 4.87. The number of rotatable bonds is 8. The quantitative estimate of drug-likeness (QED) is 0.100. The number of carbonyl (C=O) groups excluding carboxylic acids is 1. The molecule has 8 nitrogen and oxygen atoms in total. The summed E-state index contributed by atoms with van der Waals surface area (Å²) in [4.78, 5) is 27.2. The van der Waals surface area contributed by atoms with Crippen molar-refractivity contribution in [2.75, 3.05) is 6.61 Å². The van der Waals surface area contributed by atoms with Gasteiger partial charge in [-0.15, -0.1) is 0 Å². The van der Waals surface area contributed by atoms with E-state index in [1.807, 2.05) is 43.3 Å². The van der Waals surface area contributed by atoms with Crippen molar-refractivity contribution in [3.05, 3.63) is 102 Å². The van der Waals surface area contributed by atoms with Crippen LogP contribution in [0.15, 0.2) is 71.4 Å². The van der Waals surface area contributed by atoms with E-state index < -0.39 is 10.9 Å². The average molecular weight is 605 g/mol. The van der Waals surface area contributed by atoms with Gasteiger partial charge in [0.05, 0.1) is 15.1 Å². The minimum atomic E-state index is -0.671. The molecule has 0 spiro atoms. The Balaban J connectivity index is 1.63. The standard InChI is InChI=1S/C25H18ClIN2O6/c1-2-33-22-12-16(10-19(27)23(22)34-14-15-6-4-3-5-7-15)11-20-25(30)35-24(28-20)17-8-9-18(26)21(13-17)29(31)32/h3-13H,2,14H2,1H3/b20-11-. The van der Waals surface area contributed by atoms with E-state index in [4.69, 9.17) is 25.8 Å². The summed E-state index contributed by atoms with van der Waals surface area (Å²) >= 11 is 8.01. The van der Waals surface area contributed by atoms with Crippen LogP contribution in [-0.4, -0.2) is 23.4 Å². The lowest BCUT2D eigenvalue weighted by Gasteiger charge is -2.15. The van der Waals surface area contributed by atoms with Gasteiger partial charge >= 0.3 is 5.97 Å². The molecule has 0 radical (unpaired) electrons. The van der Waals surface area contributed by atoms with Crippen LogP contribution < -0.4 is 9.47 Å². The third-order valence-corrected chi connectivity index (χ3v) is 5.99. The van der Waals surface area contributed by atoms with Gasteiger partial charge in [0, 0.05) is 11.6 Å². The number of carbonyl (C=O) groups is 1. The van der Waals surface area contributed by atoms with E-state index >= 15 is 0 Å². The predicted molar refractivity (Wildman–Crippen MR) is 140 cm³/mol. The normalized spacial score (nSPS) is 14.0. The molecule has 35 heavy (non-hydrogen) atoms. The van der Waals surface area contributed by atoms with Crippen LogP contribution in [0.5, 0.6) is 11.5 Å². The fourth-order valence-electron chi connectivity index (χ4n) is 3.28. The van der Waals surface area contributed by atoms with Gasteiger partial charge in [-0.25, -0.2) is 9.79 Å². The molecule has 0 atom stereocenters. The number of nitro benzene ring substituents is 1. The Morgan fingerprint density at radius 3 is 2.63 bits per heavy atom. The second-order valence-electron chi connectivity index (χ2n) is 7.30. The molecule has 0 saturated carbocycles. The number of nitro groups is 1. The maximum atomic E-state index is 12.4. The molecule has 1 heterocycles. The minimum absolute atomic E-state index is 0.0213. The average Bonchev–Trinajstić information content (AvgIpc) is 3.19. The molecule has 0 amide bonds. The summed E-state index contributed by atoms with van der Waals surface area (Å²) in [6, 6.07) is 17.4. The van der Waals surface area contributed by atoms with Crippen molar-refractivity contribution in [2.24, 2.45) is 4.99 Å². The molecular formula is C25H18ClIN2O6. The largest absolute Gasteiger partial charge is 0.490 e. The van der Waals surface area contributed by atoms with Gasteiger partial charge in [-0.2, -0.15) is 0 Å². The highest BCUT2D eigenvalue weighted by atomic mass is 127. The van der Waals surface area contributed by atoms with Crippen LogP contribution in [0, 0.1) is 13.7 Å². The first-order chi connectivity index (χ1) is 16.9. The van der Waals surface area contributed by atoms with Gasteiger partial charge in [0.15, 0.2) is 17.2 Å². The minimum Gasteiger partial charge on any atom is -0.490 e.